The van der Waals surface area contributed by atoms with Crippen LogP contribution in [0.3, 0.4) is 0 Å². The van der Waals surface area contributed by atoms with Gasteiger partial charge in [-0.3, -0.25) is 4.79 Å². The van der Waals surface area contributed by atoms with Crippen LogP contribution in [0.15, 0.2) is 29.1 Å². The molecule has 1 heterocycles. The highest BCUT2D eigenvalue weighted by Crippen LogP contribution is 2.17. The lowest BCUT2D eigenvalue weighted by Gasteiger charge is -2.05. The van der Waals surface area contributed by atoms with Gasteiger partial charge in [0.15, 0.2) is 0 Å². The van der Waals surface area contributed by atoms with Crippen LogP contribution in [0, 0.1) is 0 Å². The molecule has 1 N–H and O–H groups in total. The summed E-state index contributed by atoms with van der Waals surface area (Å²) in [6.45, 7) is 0. The molecule has 98 valence electrons. The second-order valence-electron chi connectivity index (χ2n) is 4.82. The number of fused-ring (bicyclic) bond motifs is 1. The van der Waals surface area contributed by atoms with E-state index in [1.165, 1.54) is 0 Å². The smallest absolute Gasteiger partial charge is 0.254 e. The van der Waals surface area contributed by atoms with E-state index >= 15 is 0 Å². The number of methoxy groups -OCH3 is 1. The highest BCUT2D eigenvalue weighted by molar-refractivity contribution is 5.30. The Bertz CT molecular complexity index is 644. The molecule has 4 heteroatoms. The van der Waals surface area contributed by atoms with Crippen LogP contribution in [0.1, 0.15) is 29.1 Å². The summed E-state index contributed by atoms with van der Waals surface area (Å²) in [5.74, 6) is 1.58. The van der Waals surface area contributed by atoms with Gasteiger partial charge in [0.25, 0.3) is 5.56 Å². The molecule has 1 aromatic carbocycles. The summed E-state index contributed by atoms with van der Waals surface area (Å²) in [5, 5.41) is 0. The molecular weight excluding hydrogens is 240 g/mol. The van der Waals surface area contributed by atoms with Gasteiger partial charge in [0.05, 0.1) is 12.8 Å². The molecule has 3 rings (SSSR count). The fraction of sp³-hybridized carbons (Fsp3) is 0.333. The van der Waals surface area contributed by atoms with Crippen LogP contribution < -0.4 is 10.3 Å². The number of aromatic amines is 1. The van der Waals surface area contributed by atoms with Gasteiger partial charge in [0, 0.05) is 12.0 Å². The van der Waals surface area contributed by atoms with Crippen molar-refractivity contribution in [3.63, 3.8) is 0 Å². The second-order valence-corrected chi connectivity index (χ2v) is 4.82. The van der Waals surface area contributed by atoms with Crippen molar-refractivity contribution in [3.8, 4) is 5.75 Å². The average molecular weight is 256 g/mol. The third-order valence-electron chi connectivity index (χ3n) is 3.52. The molecule has 4 nitrogen and oxygen atoms in total. The average Bonchev–Trinajstić information content (AvgIpc) is 2.88. The van der Waals surface area contributed by atoms with E-state index in [-0.39, 0.29) is 5.56 Å². The molecule has 1 aliphatic rings. The van der Waals surface area contributed by atoms with Crippen LogP contribution >= 0.6 is 0 Å². The number of hydrogen-bond acceptors (Lipinski definition) is 3. The Morgan fingerprint density at radius 1 is 1.26 bits per heavy atom. The monoisotopic (exact) mass is 256 g/mol. The molecule has 0 bridgehead atoms. The van der Waals surface area contributed by atoms with Gasteiger partial charge in [-0.2, -0.15) is 0 Å². The van der Waals surface area contributed by atoms with Crippen LogP contribution in [0.25, 0.3) is 0 Å². The molecule has 19 heavy (non-hydrogen) atoms. The SMILES string of the molecule is COc1ccc(Cc2nc3c(c(=O)[nH]2)CCC3)cc1. The van der Waals surface area contributed by atoms with Crippen LogP contribution in [0.4, 0.5) is 0 Å². The summed E-state index contributed by atoms with van der Waals surface area (Å²) in [5.41, 5.74) is 3.00. The first-order valence-corrected chi connectivity index (χ1v) is 6.50. The minimum Gasteiger partial charge on any atom is -0.497 e. The van der Waals surface area contributed by atoms with Crippen molar-refractivity contribution in [1.82, 2.24) is 9.97 Å². The fourth-order valence-electron chi connectivity index (χ4n) is 2.51. The molecule has 0 aliphatic heterocycles. The highest BCUT2D eigenvalue weighted by Gasteiger charge is 2.16. The lowest BCUT2D eigenvalue weighted by Crippen LogP contribution is -2.17. The van der Waals surface area contributed by atoms with Gasteiger partial charge < -0.3 is 9.72 Å². The van der Waals surface area contributed by atoms with Crippen LogP contribution in [-0.4, -0.2) is 17.1 Å². The topological polar surface area (TPSA) is 55.0 Å². The lowest BCUT2D eigenvalue weighted by molar-refractivity contribution is 0.414. The Labute approximate surface area is 111 Å². The van der Waals surface area contributed by atoms with Crippen molar-refractivity contribution >= 4 is 0 Å². The van der Waals surface area contributed by atoms with Crippen LogP contribution in [0.2, 0.25) is 0 Å². The quantitative estimate of drug-likeness (QED) is 0.912. The van der Waals surface area contributed by atoms with Gasteiger partial charge >= 0.3 is 0 Å². The second kappa shape index (κ2) is 4.88. The van der Waals surface area contributed by atoms with E-state index in [0.717, 1.165) is 47.7 Å². The Morgan fingerprint density at radius 2 is 2.05 bits per heavy atom. The molecule has 0 radical (unpaired) electrons. The standard InChI is InChI=1S/C15H16N2O2/c1-19-11-7-5-10(6-8-11)9-14-16-13-4-2-3-12(13)15(18)17-14/h5-8H,2-4,9H2,1H3,(H,16,17,18). The van der Waals surface area contributed by atoms with Gasteiger partial charge in [-0.1, -0.05) is 12.1 Å². The van der Waals surface area contributed by atoms with Crippen molar-refractivity contribution in [1.29, 1.82) is 0 Å². The predicted octanol–water partition coefficient (Wildman–Crippen LogP) is 1.86. The Morgan fingerprint density at radius 3 is 2.79 bits per heavy atom. The maximum atomic E-state index is 11.9. The zero-order chi connectivity index (χ0) is 13.2. The lowest BCUT2D eigenvalue weighted by atomic mass is 10.1. The first kappa shape index (κ1) is 12.0. The normalized spacial score (nSPS) is 13.3. The highest BCUT2D eigenvalue weighted by atomic mass is 16.5. The van der Waals surface area contributed by atoms with Crippen molar-refractivity contribution in [2.75, 3.05) is 7.11 Å². The zero-order valence-electron chi connectivity index (χ0n) is 10.9. The maximum Gasteiger partial charge on any atom is 0.254 e. The summed E-state index contributed by atoms with van der Waals surface area (Å²) >= 11 is 0. The summed E-state index contributed by atoms with van der Waals surface area (Å²) in [6, 6.07) is 7.82. The van der Waals surface area contributed by atoms with E-state index in [0.29, 0.717) is 6.42 Å². The number of nitrogens with one attached hydrogen (secondary N) is 1. The zero-order valence-corrected chi connectivity index (χ0v) is 10.9. The molecule has 1 aliphatic carbocycles. The Hall–Kier alpha value is -2.10. The van der Waals surface area contributed by atoms with E-state index < -0.39 is 0 Å². The molecule has 0 saturated carbocycles. The summed E-state index contributed by atoms with van der Waals surface area (Å²) in [4.78, 5) is 19.4. The van der Waals surface area contributed by atoms with Crippen LogP contribution in [0.5, 0.6) is 5.75 Å². The first-order chi connectivity index (χ1) is 9.26. The fourth-order valence-corrected chi connectivity index (χ4v) is 2.51. The van der Waals surface area contributed by atoms with Crippen molar-refractivity contribution in [2.45, 2.75) is 25.7 Å². The van der Waals surface area contributed by atoms with Gasteiger partial charge in [0.1, 0.15) is 11.6 Å². The number of nitrogens with zero attached hydrogens (tertiary/aromatic N) is 1. The maximum absolute atomic E-state index is 11.9. The predicted molar refractivity (Wildman–Crippen MR) is 72.7 cm³/mol. The number of hydrogen-bond donors (Lipinski definition) is 1. The van der Waals surface area contributed by atoms with Gasteiger partial charge in [-0.25, -0.2) is 4.98 Å². The Kier molecular flexibility index (Phi) is 3.07. The number of benzene rings is 1. The van der Waals surface area contributed by atoms with Crippen LogP contribution in [-0.2, 0) is 19.3 Å². The minimum absolute atomic E-state index is 0.0333. The largest absolute Gasteiger partial charge is 0.497 e. The summed E-state index contributed by atoms with van der Waals surface area (Å²) in [6.07, 6.45) is 3.47. The van der Waals surface area contributed by atoms with E-state index in [1.807, 2.05) is 24.3 Å². The molecule has 1 aromatic heterocycles. The molecule has 0 spiro atoms. The van der Waals surface area contributed by atoms with Gasteiger partial charge in [0.2, 0.25) is 0 Å². The number of ether oxygens (including phenoxy) is 1. The molecule has 0 unspecified atom stereocenters. The van der Waals surface area contributed by atoms with E-state index in [9.17, 15) is 4.79 Å². The first-order valence-electron chi connectivity index (χ1n) is 6.50. The third-order valence-corrected chi connectivity index (χ3v) is 3.52. The van der Waals surface area contributed by atoms with Gasteiger partial charge in [-0.05, 0) is 37.0 Å². The molecular formula is C15H16N2O2. The number of H-pyrrole nitrogens is 1. The molecule has 0 amide bonds. The Balaban J connectivity index is 1.87. The van der Waals surface area contributed by atoms with Crippen molar-refractivity contribution in [2.24, 2.45) is 0 Å². The third kappa shape index (κ3) is 2.38. The molecule has 2 aromatic rings. The minimum atomic E-state index is 0.0333. The molecule has 0 saturated heterocycles. The summed E-state index contributed by atoms with van der Waals surface area (Å²) in [7, 11) is 1.65. The van der Waals surface area contributed by atoms with Crippen molar-refractivity contribution < 1.29 is 4.74 Å². The molecule has 0 fully saturated rings. The number of aryl methyl sites for hydroxylation is 1. The van der Waals surface area contributed by atoms with E-state index in [2.05, 4.69) is 9.97 Å². The number of rotatable bonds is 3. The van der Waals surface area contributed by atoms with E-state index in [1.54, 1.807) is 7.11 Å². The summed E-state index contributed by atoms with van der Waals surface area (Å²) < 4.78 is 5.13. The molecule has 0 atom stereocenters. The van der Waals surface area contributed by atoms with Gasteiger partial charge in [-0.15, -0.1) is 0 Å². The van der Waals surface area contributed by atoms with Crippen molar-refractivity contribution in [3.05, 3.63) is 57.3 Å². The van der Waals surface area contributed by atoms with E-state index in [4.69, 9.17) is 4.74 Å². The number of aromatic nitrogens is 2.